The molecule has 13 heteroatoms. The second kappa shape index (κ2) is 13.4. The van der Waals surface area contributed by atoms with E-state index in [9.17, 15) is 29.1 Å². The fourth-order valence-corrected chi connectivity index (χ4v) is 3.81. The van der Waals surface area contributed by atoms with Gasteiger partial charge >= 0.3 is 5.97 Å². The number of hydrogen-bond acceptors (Lipinski definition) is 8. The molecule has 1 aliphatic rings. The minimum Gasteiger partial charge on any atom is -0.480 e. The van der Waals surface area contributed by atoms with Gasteiger partial charge in [-0.05, 0) is 37.7 Å². The van der Waals surface area contributed by atoms with Gasteiger partial charge in [0.1, 0.15) is 18.1 Å². The summed E-state index contributed by atoms with van der Waals surface area (Å²) >= 11 is 5.48. The molecule has 176 valence electrons. The summed E-state index contributed by atoms with van der Waals surface area (Å²) in [6.07, 6.45) is 2.79. The maximum atomic E-state index is 12.9. The van der Waals surface area contributed by atoms with Crippen LogP contribution in [0.4, 0.5) is 0 Å². The molecule has 0 bridgehead atoms. The number of aliphatic carboxylic acids is 1. The SMILES string of the molecule is CSCCC(NC(=O)C1CCCN1C(=O)C(N)CS)C(=O)NC(CCC(N)=O)C(=O)O. The van der Waals surface area contributed by atoms with E-state index in [-0.39, 0.29) is 30.9 Å². The van der Waals surface area contributed by atoms with Crippen LogP contribution in [0.2, 0.25) is 0 Å². The molecule has 0 aromatic rings. The van der Waals surface area contributed by atoms with Crippen LogP contribution in [0.5, 0.6) is 0 Å². The van der Waals surface area contributed by atoms with Crippen LogP contribution in [-0.2, 0) is 24.0 Å². The third kappa shape index (κ3) is 8.57. The summed E-state index contributed by atoms with van der Waals surface area (Å²) in [5, 5.41) is 14.3. The number of amides is 4. The minimum atomic E-state index is -1.31. The molecule has 0 aromatic carbocycles. The number of rotatable bonds is 13. The van der Waals surface area contributed by atoms with E-state index in [4.69, 9.17) is 11.5 Å². The van der Waals surface area contributed by atoms with Crippen LogP contribution in [0.25, 0.3) is 0 Å². The molecule has 0 saturated carbocycles. The number of carboxylic acid groups (broad SMARTS) is 1. The van der Waals surface area contributed by atoms with Gasteiger partial charge in [0.15, 0.2) is 0 Å². The molecular weight excluding hydrogens is 446 g/mol. The number of likely N-dealkylation sites (tertiary alicyclic amines) is 1. The molecule has 1 heterocycles. The lowest BCUT2D eigenvalue weighted by Gasteiger charge is -2.28. The number of carbonyl (C=O) groups excluding carboxylic acids is 4. The van der Waals surface area contributed by atoms with Gasteiger partial charge < -0.3 is 32.1 Å². The number of thioether (sulfide) groups is 1. The van der Waals surface area contributed by atoms with Crippen molar-refractivity contribution in [3.63, 3.8) is 0 Å². The highest BCUT2D eigenvalue weighted by Crippen LogP contribution is 2.19. The van der Waals surface area contributed by atoms with Crippen LogP contribution in [0.15, 0.2) is 0 Å². The van der Waals surface area contributed by atoms with E-state index in [0.717, 1.165) is 0 Å². The quantitative estimate of drug-likeness (QED) is 0.170. The van der Waals surface area contributed by atoms with E-state index in [2.05, 4.69) is 23.3 Å². The average Bonchev–Trinajstić information content (AvgIpc) is 3.22. The van der Waals surface area contributed by atoms with Gasteiger partial charge in [0.25, 0.3) is 0 Å². The Morgan fingerprint density at radius 1 is 1.19 bits per heavy atom. The predicted octanol–water partition coefficient (Wildman–Crippen LogP) is -1.69. The van der Waals surface area contributed by atoms with Crippen LogP contribution >= 0.6 is 24.4 Å². The van der Waals surface area contributed by atoms with E-state index in [0.29, 0.717) is 25.1 Å². The van der Waals surface area contributed by atoms with Crippen LogP contribution in [0.3, 0.4) is 0 Å². The van der Waals surface area contributed by atoms with E-state index >= 15 is 0 Å². The first kappa shape index (κ1) is 27.0. The lowest BCUT2D eigenvalue weighted by Crippen LogP contribution is -2.57. The molecule has 1 saturated heterocycles. The number of primary amides is 1. The Morgan fingerprint density at radius 3 is 2.42 bits per heavy atom. The highest BCUT2D eigenvalue weighted by molar-refractivity contribution is 7.98. The average molecular weight is 478 g/mol. The largest absolute Gasteiger partial charge is 0.480 e. The summed E-state index contributed by atoms with van der Waals surface area (Å²) in [7, 11) is 0. The molecule has 1 fully saturated rings. The number of nitrogens with zero attached hydrogens (tertiary/aromatic N) is 1. The van der Waals surface area contributed by atoms with E-state index in [1.54, 1.807) is 0 Å². The van der Waals surface area contributed by atoms with Crippen LogP contribution in [0.1, 0.15) is 32.1 Å². The number of nitrogens with two attached hydrogens (primary N) is 2. The zero-order valence-electron chi connectivity index (χ0n) is 17.4. The van der Waals surface area contributed by atoms with Gasteiger partial charge in [-0.3, -0.25) is 19.2 Å². The van der Waals surface area contributed by atoms with Crippen molar-refractivity contribution in [1.82, 2.24) is 15.5 Å². The van der Waals surface area contributed by atoms with Crippen molar-refractivity contribution in [1.29, 1.82) is 0 Å². The number of nitrogens with one attached hydrogen (secondary N) is 2. The molecule has 4 atom stereocenters. The van der Waals surface area contributed by atoms with Crippen LogP contribution in [0, 0.1) is 0 Å². The van der Waals surface area contributed by atoms with Crippen molar-refractivity contribution >= 4 is 54.0 Å². The summed E-state index contributed by atoms with van der Waals surface area (Å²) in [4.78, 5) is 61.7. The van der Waals surface area contributed by atoms with Gasteiger partial charge in [-0.1, -0.05) is 0 Å². The molecule has 0 aliphatic carbocycles. The van der Waals surface area contributed by atoms with Crippen molar-refractivity contribution in [2.24, 2.45) is 11.5 Å². The van der Waals surface area contributed by atoms with E-state index < -0.39 is 47.9 Å². The third-order valence-electron chi connectivity index (χ3n) is 4.89. The van der Waals surface area contributed by atoms with Crippen LogP contribution in [-0.4, -0.2) is 88.1 Å². The predicted molar refractivity (Wildman–Crippen MR) is 119 cm³/mol. The van der Waals surface area contributed by atoms with Crippen molar-refractivity contribution in [3.8, 4) is 0 Å². The van der Waals surface area contributed by atoms with Gasteiger partial charge in [0, 0.05) is 18.7 Å². The van der Waals surface area contributed by atoms with Crippen molar-refractivity contribution in [2.75, 3.05) is 24.3 Å². The zero-order valence-corrected chi connectivity index (χ0v) is 19.1. The smallest absolute Gasteiger partial charge is 0.326 e. The van der Waals surface area contributed by atoms with Crippen LogP contribution < -0.4 is 22.1 Å². The molecule has 4 amide bonds. The first-order valence-electron chi connectivity index (χ1n) is 9.90. The Kier molecular flexibility index (Phi) is 11.7. The molecule has 1 rings (SSSR count). The molecule has 0 aromatic heterocycles. The van der Waals surface area contributed by atoms with Gasteiger partial charge in [0.05, 0.1) is 6.04 Å². The fraction of sp³-hybridized carbons (Fsp3) is 0.722. The Bertz CT molecular complexity index is 680. The maximum absolute atomic E-state index is 12.9. The van der Waals surface area contributed by atoms with Gasteiger partial charge in [-0.15, -0.1) is 0 Å². The maximum Gasteiger partial charge on any atom is 0.326 e. The lowest BCUT2D eigenvalue weighted by atomic mass is 10.1. The summed E-state index contributed by atoms with van der Waals surface area (Å²) in [6, 6.07) is -3.89. The number of carboxylic acids is 1. The topological polar surface area (TPSA) is 185 Å². The molecule has 0 spiro atoms. The summed E-state index contributed by atoms with van der Waals surface area (Å²) < 4.78 is 0. The molecule has 0 radical (unpaired) electrons. The minimum absolute atomic E-state index is 0.143. The molecule has 4 unspecified atom stereocenters. The molecular formula is C18H31N5O6S2. The Balaban J connectivity index is 2.86. The standard InChI is InChI=1S/C18H31N5O6S2/c1-31-8-6-11(15(25)22-12(18(28)29)4-5-14(20)24)21-16(26)13-3-2-7-23(13)17(27)10(19)9-30/h10-13,30H,2-9,19H2,1H3,(H2,20,24)(H,21,26)(H,22,25)(H,28,29). The Morgan fingerprint density at radius 2 is 1.87 bits per heavy atom. The molecule has 7 N–H and O–H groups in total. The Hall–Kier alpha value is -1.99. The molecule has 1 aliphatic heterocycles. The number of thiol groups is 1. The van der Waals surface area contributed by atoms with Gasteiger partial charge in [0.2, 0.25) is 23.6 Å². The van der Waals surface area contributed by atoms with Gasteiger partial charge in [-0.2, -0.15) is 24.4 Å². The normalized spacial score (nSPS) is 18.7. The Labute approximate surface area is 190 Å². The third-order valence-corrected chi connectivity index (χ3v) is 5.93. The molecule has 31 heavy (non-hydrogen) atoms. The zero-order chi connectivity index (χ0) is 23.6. The first-order valence-corrected chi connectivity index (χ1v) is 11.9. The first-order chi connectivity index (χ1) is 14.6. The highest BCUT2D eigenvalue weighted by atomic mass is 32.2. The van der Waals surface area contributed by atoms with Crippen molar-refractivity contribution < 1.29 is 29.1 Å². The molecule has 11 nitrogen and oxygen atoms in total. The van der Waals surface area contributed by atoms with Crippen molar-refractivity contribution in [2.45, 2.75) is 56.3 Å². The van der Waals surface area contributed by atoms with Gasteiger partial charge in [-0.25, -0.2) is 4.79 Å². The summed E-state index contributed by atoms with van der Waals surface area (Å²) in [5.41, 5.74) is 10.8. The summed E-state index contributed by atoms with van der Waals surface area (Å²) in [6.45, 7) is 0.383. The lowest BCUT2D eigenvalue weighted by molar-refractivity contribution is -0.143. The fourth-order valence-electron chi connectivity index (χ4n) is 3.18. The second-order valence-electron chi connectivity index (χ2n) is 7.23. The van der Waals surface area contributed by atoms with Crippen molar-refractivity contribution in [3.05, 3.63) is 0 Å². The summed E-state index contributed by atoms with van der Waals surface area (Å²) in [5.74, 6) is -2.87. The van der Waals surface area contributed by atoms with E-state index in [1.165, 1.54) is 16.7 Å². The van der Waals surface area contributed by atoms with E-state index in [1.807, 2.05) is 6.26 Å². The number of hydrogen-bond donors (Lipinski definition) is 6. The number of carbonyl (C=O) groups is 5. The second-order valence-corrected chi connectivity index (χ2v) is 8.58. The monoisotopic (exact) mass is 477 g/mol. The highest BCUT2D eigenvalue weighted by Gasteiger charge is 2.37.